The first kappa shape index (κ1) is 19.3. The van der Waals surface area contributed by atoms with Gasteiger partial charge in [0, 0.05) is 25.4 Å². The summed E-state index contributed by atoms with van der Waals surface area (Å²) >= 11 is 0. The molecule has 0 saturated heterocycles. The summed E-state index contributed by atoms with van der Waals surface area (Å²) in [5.74, 6) is 2.58. The molecule has 0 saturated carbocycles. The zero-order valence-corrected chi connectivity index (χ0v) is 16.6. The van der Waals surface area contributed by atoms with E-state index in [4.69, 9.17) is 9.47 Å². The van der Waals surface area contributed by atoms with Crippen molar-refractivity contribution in [3.8, 4) is 11.5 Å². The third-order valence-corrected chi connectivity index (χ3v) is 4.94. The smallest absolute Gasteiger partial charge is 0.225 e. The number of hydrogen-bond donors (Lipinski definition) is 1. The Hall–Kier alpha value is -2.50. The number of aromatic nitrogens is 2. The number of carbonyl (C=O) groups excluding carboxylic acids is 1. The van der Waals surface area contributed by atoms with Crippen molar-refractivity contribution in [2.45, 2.75) is 46.7 Å². The van der Waals surface area contributed by atoms with E-state index in [1.807, 2.05) is 42.8 Å². The Morgan fingerprint density at radius 1 is 1.22 bits per heavy atom. The van der Waals surface area contributed by atoms with Crippen molar-refractivity contribution in [3.05, 3.63) is 42.0 Å². The quantitative estimate of drug-likeness (QED) is 0.844. The van der Waals surface area contributed by atoms with Crippen molar-refractivity contribution in [2.24, 2.45) is 11.8 Å². The highest BCUT2D eigenvalue weighted by atomic mass is 16.5. The highest BCUT2D eigenvalue weighted by Gasteiger charge is 2.23. The molecule has 0 spiro atoms. The number of hydrogen-bond acceptors (Lipinski definition) is 4. The first-order chi connectivity index (χ1) is 13.0. The molecule has 2 atom stereocenters. The number of imidazole rings is 1. The number of ether oxygens (including phenoxy) is 2. The average molecular weight is 371 g/mol. The molecule has 1 N–H and O–H groups in total. The Balaban J connectivity index is 1.73. The summed E-state index contributed by atoms with van der Waals surface area (Å²) in [5.41, 5.74) is 1.04. The molecule has 2 aromatic rings. The minimum Gasteiger partial charge on any atom is -0.490 e. The lowest BCUT2D eigenvalue weighted by Crippen LogP contribution is -2.36. The lowest BCUT2D eigenvalue weighted by atomic mass is 9.94. The van der Waals surface area contributed by atoms with E-state index < -0.39 is 0 Å². The molecule has 1 aromatic carbocycles. The van der Waals surface area contributed by atoms with Crippen molar-refractivity contribution in [1.82, 2.24) is 14.9 Å². The first-order valence-electron chi connectivity index (χ1n) is 9.63. The Kier molecular flexibility index (Phi) is 6.04. The molecule has 6 heteroatoms. The maximum atomic E-state index is 12.8. The molecular formula is C21H29N3O3. The Labute approximate surface area is 160 Å². The van der Waals surface area contributed by atoms with Gasteiger partial charge in [-0.2, -0.15) is 0 Å². The summed E-state index contributed by atoms with van der Waals surface area (Å²) < 4.78 is 13.5. The summed E-state index contributed by atoms with van der Waals surface area (Å²) in [6, 6.07) is 5.87. The second kappa shape index (κ2) is 8.46. The highest BCUT2D eigenvalue weighted by Crippen LogP contribution is 2.34. The van der Waals surface area contributed by atoms with E-state index in [1.165, 1.54) is 0 Å². The van der Waals surface area contributed by atoms with Gasteiger partial charge in [0.15, 0.2) is 11.5 Å². The third kappa shape index (κ3) is 4.62. The van der Waals surface area contributed by atoms with Crippen molar-refractivity contribution < 1.29 is 14.3 Å². The van der Waals surface area contributed by atoms with Crippen LogP contribution in [0.1, 0.15) is 44.6 Å². The predicted octanol–water partition coefficient (Wildman–Crippen LogP) is 3.50. The molecule has 6 nitrogen and oxygen atoms in total. The zero-order valence-electron chi connectivity index (χ0n) is 16.6. The van der Waals surface area contributed by atoms with E-state index >= 15 is 0 Å². The minimum atomic E-state index is -0.153. The van der Waals surface area contributed by atoms with Crippen LogP contribution < -0.4 is 14.8 Å². The molecule has 1 aliphatic rings. The van der Waals surface area contributed by atoms with Crippen LogP contribution in [0.5, 0.6) is 11.5 Å². The number of benzene rings is 1. The maximum absolute atomic E-state index is 12.8. The van der Waals surface area contributed by atoms with E-state index in [9.17, 15) is 4.79 Å². The van der Waals surface area contributed by atoms with Gasteiger partial charge in [-0.15, -0.1) is 0 Å². The third-order valence-electron chi connectivity index (χ3n) is 4.94. The van der Waals surface area contributed by atoms with E-state index in [2.05, 4.69) is 24.1 Å². The standard InChI is InChI=1S/C21H29N3O3/c1-14(2)20(17-6-7-18-19(12-17)27-11-5-10-26-18)23-21(25)15(3)13-24-9-8-22-16(24)4/h6-9,12,14-15,20H,5,10-11,13H2,1-4H3,(H,23,25)/t15-,20-/m0/s1. The maximum Gasteiger partial charge on any atom is 0.225 e. The van der Waals surface area contributed by atoms with E-state index in [0.717, 1.165) is 29.3 Å². The van der Waals surface area contributed by atoms with Gasteiger partial charge in [-0.05, 0) is 30.5 Å². The molecule has 1 amide bonds. The highest BCUT2D eigenvalue weighted by molar-refractivity contribution is 5.78. The number of nitrogens with one attached hydrogen (secondary N) is 1. The van der Waals surface area contributed by atoms with Gasteiger partial charge in [0.1, 0.15) is 5.82 Å². The molecule has 0 aliphatic carbocycles. The Morgan fingerprint density at radius 2 is 1.96 bits per heavy atom. The van der Waals surface area contributed by atoms with Crippen LogP contribution in [0.3, 0.4) is 0 Å². The predicted molar refractivity (Wildman–Crippen MR) is 104 cm³/mol. The molecular weight excluding hydrogens is 342 g/mol. The van der Waals surface area contributed by atoms with Crippen molar-refractivity contribution in [3.63, 3.8) is 0 Å². The molecule has 3 rings (SSSR count). The van der Waals surface area contributed by atoms with Crippen molar-refractivity contribution >= 4 is 5.91 Å². The molecule has 0 radical (unpaired) electrons. The van der Waals surface area contributed by atoms with Gasteiger partial charge in [-0.25, -0.2) is 4.98 Å². The monoisotopic (exact) mass is 371 g/mol. The first-order valence-corrected chi connectivity index (χ1v) is 9.63. The largest absolute Gasteiger partial charge is 0.490 e. The lowest BCUT2D eigenvalue weighted by molar-refractivity contribution is -0.126. The second-order valence-electron chi connectivity index (χ2n) is 7.51. The van der Waals surface area contributed by atoms with E-state index in [0.29, 0.717) is 19.8 Å². The van der Waals surface area contributed by atoms with Crippen LogP contribution >= 0.6 is 0 Å². The van der Waals surface area contributed by atoms with Gasteiger partial charge in [0.2, 0.25) is 5.91 Å². The fourth-order valence-corrected chi connectivity index (χ4v) is 3.28. The fourth-order valence-electron chi connectivity index (χ4n) is 3.28. The number of nitrogens with zero attached hydrogens (tertiary/aromatic N) is 2. The average Bonchev–Trinajstić information content (AvgIpc) is 2.90. The Bertz CT molecular complexity index is 785. The van der Waals surface area contributed by atoms with Crippen LogP contribution in [0, 0.1) is 18.8 Å². The van der Waals surface area contributed by atoms with E-state index in [1.54, 1.807) is 6.20 Å². The number of rotatable bonds is 6. The fraction of sp³-hybridized carbons (Fsp3) is 0.524. The number of carbonyl (C=O) groups is 1. The van der Waals surface area contributed by atoms with Gasteiger partial charge in [-0.3, -0.25) is 4.79 Å². The topological polar surface area (TPSA) is 65.4 Å². The van der Waals surface area contributed by atoms with Crippen LogP contribution in [0.2, 0.25) is 0 Å². The minimum absolute atomic E-state index is 0.0360. The summed E-state index contributed by atoms with van der Waals surface area (Å²) in [6.07, 6.45) is 4.54. The molecule has 0 fully saturated rings. The van der Waals surface area contributed by atoms with Crippen molar-refractivity contribution in [1.29, 1.82) is 0 Å². The van der Waals surface area contributed by atoms with Gasteiger partial charge < -0.3 is 19.4 Å². The van der Waals surface area contributed by atoms with Gasteiger partial charge in [0.25, 0.3) is 0 Å². The summed E-state index contributed by atoms with van der Waals surface area (Å²) in [5, 5.41) is 3.22. The van der Waals surface area contributed by atoms with Crippen LogP contribution in [0.4, 0.5) is 0 Å². The van der Waals surface area contributed by atoms with Crippen LogP contribution in [0.15, 0.2) is 30.6 Å². The summed E-state index contributed by atoms with van der Waals surface area (Å²) in [4.78, 5) is 17.0. The SMILES string of the molecule is Cc1nccn1C[C@H](C)C(=O)N[C@H](c1ccc2c(c1)OCCCO2)C(C)C. The molecule has 27 heavy (non-hydrogen) atoms. The van der Waals surface area contributed by atoms with Crippen LogP contribution in [0.25, 0.3) is 0 Å². The number of fused-ring (bicyclic) bond motifs is 1. The number of amides is 1. The van der Waals surface area contributed by atoms with Crippen LogP contribution in [-0.4, -0.2) is 28.7 Å². The van der Waals surface area contributed by atoms with Gasteiger partial charge >= 0.3 is 0 Å². The molecule has 2 heterocycles. The zero-order chi connectivity index (χ0) is 19.4. The molecule has 1 aromatic heterocycles. The number of aryl methyl sites for hydroxylation is 1. The molecule has 146 valence electrons. The summed E-state index contributed by atoms with van der Waals surface area (Å²) in [7, 11) is 0. The lowest BCUT2D eigenvalue weighted by Gasteiger charge is -2.25. The summed E-state index contributed by atoms with van der Waals surface area (Å²) in [6.45, 7) is 10.0. The molecule has 0 unspecified atom stereocenters. The van der Waals surface area contributed by atoms with Gasteiger partial charge in [0.05, 0.1) is 25.2 Å². The molecule has 0 bridgehead atoms. The van der Waals surface area contributed by atoms with Crippen LogP contribution in [-0.2, 0) is 11.3 Å². The second-order valence-corrected chi connectivity index (χ2v) is 7.51. The molecule has 1 aliphatic heterocycles. The normalized spacial score (nSPS) is 15.9. The van der Waals surface area contributed by atoms with E-state index in [-0.39, 0.29) is 23.8 Å². The van der Waals surface area contributed by atoms with Crippen molar-refractivity contribution in [2.75, 3.05) is 13.2 Å². The Morgan fingerprint density at radius 3 is 2.63 bits per heavy atom. The van der Waals surface area contributed by atoms with Gasteiger partial charge in [-0.1, -0.05) is 26.8 Å².